The highest BCUT2D eigenvalue weighted by molar-refractivity contribution is 6.32. The highest BCUT2D eigenvalue weighted by Crippen LogP contribution is 2.20. The fraction of sp³-hybridized carbons (Fsp3) is 0.375. The van der Waals surface area contributed by atoms with E-state index in [-0.39, 0.29) is 11.7 Å². The molecule has 0 radical (unpaired) electrons. The number of aryl methyl sites for hydroxylation is 1. The lowest BCUT2D eigenvalue weighted by atomic mass is 10.3. The van der Waals surface area contributed by atoms with Crippen LogP contribution < -0.4 is 4.74 Å². The van der Waals surface area contributed by atoms with E-state index in [1.807, 2.05) is 13.0 Å². The van der Waals surface area contributed by atoms with Crippen molar-refractivity contribution in [2.24, 2.45) is 0 Å². The predicted molar refractivity (Wildman–Crippen MR) is 47.7 cm³/mol. The van der Waals surface area contributed by atoms with Gasteiger partial charge in [-0.25, -0.2) is 0 Å². The van der Waals surface area contributed by atoms with Gasteiger partial charge in [0.05, 0.1) is 17.8 Å². The third-order valence-electron chi connectivity index (χ3n) is 1.52. The monoisotopic (exact) mass is 197 g/mol. The van der Waals surface area contributed by atoms with E-state index in [1.165, 1.54) is 7.11 Å². The molecule has 1 rings (SSSR count). The molecular formula is C8H8ClN3O. The van der Waals surface area contributed by atoms with Gasteiger partial charge in [0, 0.05) is 0 Å². The number of ether oxygens (including phenoxy) is 1. The normalized spacial score (nSPS) is 9.38. The second-order valence-corrected chi connectivity index (χ2v) is 2.66. The maximum atomic E-state index is 8.68. The van der Waals surface area contributed by atoms with Gasteiger partial charge >= 0.3 is 6.01 Å². The van der Waals surface area contributed by atoms with E-state index in [0.29, 0.717) is 17.1 Å². The first-order chi connectivity index (χ1) is 6.22. The van der Waals surface area contributed by atoms with Crippen molar-refractivity contribution in [3.8, 4) is 12.1 Å². The standard InChI is InChI=1S/C8H8ClN3O/c1-3-5-7(9)6(4-10)12-8(11-5)13-2/h3H2,1-2H3. The quantitative estimate of drug-likeness (QED) is 0.722. The maximum Gasteiger partial charge on any atom is 0.317 e. The van der Waals surface area contributed by atoms with Crippen LogP contribution in [0.3, 0.4) is 0 Å². The summed E-state index contributed by atoms with van der Waals surface area (Å²) < 4.78 is 4.82. The molecule has 0 N–H and O–H groups in total. The molecule has 0 saturated heterocycles. The van der Waals surface area contributed by atoms with Crippen molar-refractivity contribution in [1.29, 1.82) is 5.26 Å². The molecule has 0 amide bonds. The summed E-state index contributed by atoms with van der Waals surface area (Å²) in [5, 5.41) is 8.99. The summed E-state index contributed by atoms with van der Waals surface area (Å²) in [5.41, 5.74) is 0.787. The molecule has 0 aliphatic rings. The third-order valence-corrected chi connectivity index (χ3v) is 1.92. The topological polar surface area (TPSA) is 58.8 Å². The van der Waals surface area contributed by atoms with Gasteiger partial charge in [0.2, 0.25) is 0 Å². The first-order valence-electron chi connectivity index (χ1n) is 3.73. The lowest BCUT2D eigenvalue weighted by Gasteiger charge is -2.03. The number of aromatic nitrogens is 2. The molecule has 0 fully saturated rings. The molecule has 4 nitrogen and oxygen atoms in total. The molecule has 0 aromatic carbocycles. The Bertz CT molecular complexity index is 359. The van der Waals surface area contributed by atoms with Crippen LogP contribution in [0.15, 0.2) is 0 Å². The number of hydrogen-bond donors (Lipinski definition) is 0. The van der Waals surface area contributed by atoms with E-state index in [9.17, 15) is 0 Å². The largest absolute Gasteiger partial charge is 0.467 e. The summed E-state index contributed by atoms with van der Waals surface area (Å²) in [6.45, 7) is 1.90. The Labute approximate surface area is 81.1 Å². The molecule has 0 bridgehead atoms. The van der Waals surface area contributed by atoms with Gasteiger partial charge in [0.25, 0.3) is 0 Å². The fourth-order valence-corrected chi connectivity index (χ4v) is 1.13. The molecule has 0 atom stereocenters. The Morgan fingerprint density at radius 3 is 2.69 bits per heavy atom. The molecule has 0 unspecified atom stereocenters. The van der Waals surface area contributed by atoms with E-state index in [4.69, 9.17) is 21.6 Å². The molecule has 0 aliphatic heterocycles. The van der Waals surface area contributed by atoms with Crippen LogP contribution in [0.2, 0.25) is 5.02 Å². The number of rotatable bonds is 2. The van der Waals surface area contributed by atoms with Gasteiger partial charge in [-0.05, 0) is 6.42 Å². The first kappa shape index (κ1) is 9.75. The molecule has 1 heterocycles. The zero-order valence-electron chi connectivity index (χ0n) is 7.33. The number of hydrogen-bond acceptors (Lipinski definition) is 4. The van der Waals surface area contributed by atoms with Crippen LogP contribution in [0.25, 0.3) is 0 Å². The molecule has 1 aromatic rings. The Morgan fingerprint density at radius 1 is 1.54 bits per heavy atom. The van der Waals surface area contributed by atoms with Gasteiger partial charge in [-0.1, -0.05) is 18.5 Å². The summed E-state index contributed by atoms with van der Waals surface area (Å²) >= 11 is 5.83. The summed E-state index contributed by atoms with van der Waals surface area (Å²) in [6.07, 6.45) is 0.645. The van der Waals surface area contributed by atoms with Crippen LogP contribution >= 0.6 is 11.6 Å². The highest BCUT2D eigenvalue weighted by atomic mass is 35.5. The molecule has 68 valence electrons. The summed E-state index contributed by atoms with van der Waals surface area (Å²) in [4.78, 5) is 7.79. The van der Waals surface area contributed by atoms with E-state index >= 15 is 0 Å². The van der Waals surface area contributed by atoms with Crippen molar-refractivity contribution in [2.45, 2.75) is 13.3 Å². The Hall–Kier alpha value is -1.34. The summed E-state index contributed by atoms with van der Waals surface area (Å²) in [5.74, 6) is 0. The van der Waals surface area contributed by atoms with Crippen LogP contribution in [-0.2, 0) is 6.42 Å². The van der Waals surface area contributed by atoms with Crippen LogP contribution in [0.5, 0.6) is 6.01 Å². The number of halogens is 1. The Balaban J connectivity index is 3.31. The molecular weight excluding hydrogens is 190 g/mol. The predicted octanol–water partition coefficient (Wildman–Crippen LogP) is 1.57. The Morgan fingerprint density at radius 2 is 2.23 bits per heavy atom. The summed E-state index contributed by atoms with van der Waals surface area (Å²) in [7, 11) is 1.45. The molecule has 5 heteroatoms. The minimum absolute atomic E-state index is 0.158. The second kappa shape index (κ2) is 4.06. The smallest absolute Gasteiger partial charge is 0.317 e. The van der Waals surface area contributed by atoms with Crippen molar-refractivity contribution in [3.63, 3.8) is 0 Å². The molecule has 1 aromatic heterocycles. The lowest BCUT2D eigenvalue weighted by Crippen LogP contribution is -2.00. The third kappa shape index (κ3) is 1.87. The van der Waals surface area contributed by atoms with Crippen molar-refractivity contribution in [3.05, 3.63) is 16.4 Å². The van der Waals surface area contributed by atoms with Gasteiger partial charge in [0.15, 0.2) is 5.69 Å². The molecule has 0 saturated carbocycles. The molecule has 13 heavy (non-hydrogen) atoms. The van der Waals surface area contributed by atoms with E-state index < -0.39 is 0 Å². The first-order valence-corrected chi connectivity index (χ1v) is 4.11. The lowest BCUT2D eigenvalue weighted by molar-refractivity contribution is 0.377. The zero-order valence-corrected chi connectivity index (χ0v) is 8.09. The number of nitriles is 1. The molecule has 0 spiro atoms. The zero-order chi connectivity index (χ0) is 9.84. The van der Waals surface area contributed by atoms with Gasteiger partial charge in [-0.3, -0.25) is 0 Å². The molecule has 0 aliphatic carbocycles. The van der Waals surface area contributed by atoms with E-state index in [2.05, 4.69) is 9.97 Å². The summed E-state index contributed by atoms with van der Waals surface area (Å²) in [6, 6.07) is 2.06. The number of nitrogens with zero attached hydrogens (tertiary/aromatic N) is 3. The minimum Gasteiger partial charge on any atom is -0.467 e. The number of methoxy groups -OCH3 is 1. The van der Waals surface area contributed by atoms with E-state index in [1.54, 1.807) is 0 Å². The SMILES string of the molecule is CCc1nc(OC)nc(C#N)c1Cl. The van der Waals surface area contributed by atoms with Crippen LogP contribution in [0.1, 0.15) is 18.3 Å². The maximum absolute atomic E-state index is 8.68. The highest BCUT2D eigenvalue weighted by Gasteiger charge is 2.10. The van der Waals surface area contributed by atoms with Crippen molar-refractivity contribution < 1.29 is 4.74 Å². The van der Waals surface area contributed by atoms with Crippen molar-refractivity contribution >= 4 is 11.6 Å². The van der Waals surface area contributed by atoms with Gasteiger partial charge in [0.1, 0.15) is 6.07 Å². The Kier molecular flexibility index (Phi) is 3.04. The van der Waals surface area contributed by atoms with Gasteiger partial charge < -0.3 is 4.74 Å². The average Bonchev–Trinajstić information content (AvgIpc) is 2.18. The van der Waals surface area contributed by atoms with E-state index in [0.717, 1.165) is 0 Å². The van der Waals surface area contributed by atoms with Gasteiger partial charge in [-0.2, -0.15) is 15.2 Å². The van der Waals surface area contributed by atoms with Crippen LogP contribution in [0.4, 0.5) is 0 Å². The second-order valence-electron chi connectivity index (χ2n) is 2.28. The fourth-order valence-electron chi connectivity index (χ4n) is 0.871. The van der Waals surface area contributed by atoms with Crippen molar-refractivity contribution in [2.75, 3.05) is 7.11 Å². The van der Waals surface area contributed by atoms with Crippen molar-refractivity contribution in [1.82, 2.24) is 9.97 Å². The van der Waals surface area contributed by atoms with Gasteiger partial charge in [-0.15, -0.1) is 0 Å². The van der Waals surface area contributed by atoms with Crippen LogP contribution in [-0.4, -0.2) is 17.1 Å². The minimum atomic E-state index is 0.158. The van der Waals surface area contributed by atoms with Crippen LogP contribution in [0, 0.1) is 11.3 Å². The average molecular weight is 198 g/mol.